The van der Waals surface area contributed by atoms with Gasteiger partial charge < -0.3 is 14.2 Å². The Balaban J connectivity index is 1.93. The van der Waals surface area contributed by atoms with Crippen molar-refractivity contribution in [2.45, 2.75) is 13.3 Å². The van der Waals surface area contributed by atoms with Crippen molar-refractivity contribution in [1.82, 2.24) is 0 Å². The zero-order valence-electron chi connectivity index (χ0n) is 9.19. The fourth-order valence-electron chi connectivity index (χ4n) is 1.58. The molecule has 1 aliphatic heterocycles. The van der Waals surface area contributed by atoms with Gasteiger partial charge in [-0.1, -0.05) is 6.07 Å². The highest BCUT2D eigenvalue weighted by Gasteiger charge is 2.13. The molecule has 0 saturated heterocycles. The van der Waals surface area contributed by atoms with Crippen LogP contribution in [0.3, 0.4) is 0 Å². The van der Waals surface area contributed by atoms with Crippen LogP contribution < -0.4 is 9.47 Å². The van der Waals surface area contributed by atoms with Crippen LogP contribution in [-0.4, -0.2) is 25.8 Å². The van der Waals surface area contributed by atoms with E-state index in [1.807, 2.05) is 18.2 Å². The first-order valence-electron chi connectivity index (χ1n) is 5.33. The molecule has 0 unspecified atom stereocenters. The van der Waals surface area contributed by atoms with Crippen LogP contribution in [0.4, 0.5) is 0 Å². The van der Waals surface area contributed by atoms with Gasteiger partial charge in [0.25, 0.3) is 0 Å². The van der Waals surface area contributed by atoms with Crippen LogP contribution in [0.2, 0.25) is 0 Å². The molecule has 0 aromatic heterocycles. The molecule has 86 valence electrons. The van der Waals surface area contributed by atoms with E-state index in [0.717, 1.165) is 18.8 Å². The van der Waals surface area contributed by atoms with Crippen molar-refractivity contribution in [3.8, 4) is 11.5 Å². The Bertz CT molecular complexity index is 387. The minimum Gasteiger partial charge on any atom is -0.493 e. The lowest BCUT2D eigenvalue weighted by atomic mass is 10.2. The zero-order valence-corrected chi connectivity index (χ0v) is 9.19. The Labute approximate surface area is 94.1 Å². The Morgan fingerprint density at radius 2 is 2.38 bits per heavy atom. The van der Waals surface area contributed by atoms with Crippen LogP contribution in [0.5, 0.6) is 11.5 Å². The topological polar surface area (TPSA) is 44.8 Å². The molecule has 1 aliphatic rings. The molecule has 0 spiro atoms. The lowest BCUT2D eigenvalue weighted by Gasteiger charge is -2.07. The lowest BCUT2D eigenvalue weighted by molar-refractivity contribution is -0.145. The second-order valence-electron chi connectivity index (χ2n) is 3.46. The maximum absolute atomic E-state index is 11.1. The van der Waals surface area contributed by atoms with Gasteiger partial charge in [0.2, 0.25) is 0 Å². The fourth-order valence-corrected chi connectivity index (χ4v) is 1.58. The summed E-state index contributed by atoms with van der Waals surface area (Å²) in [4.78, 5) is 11.1. The van der Waals surface area contributed by atoms with Crippen LogP contribution in [0.15, 0.2) is 18.2 Å². The van der Waals surface area contributed by atoms with E-state index in [0.29, 0.717) is 12.4 Å². The maximum Gasteiger partial charge on any atom is 0.344 e. The molecule has 0 aliphatic carbocycles. The molecule has 1 aromatic carbocycles. The molecule has 1 heterocycles. The van der Waals surface area contributed by atoms with E-state index in [1.165, 1.54) is 5.56 Å². The molecule has 0 N–H and O–H groups in total. The number of carbonyl (C=O) groups is 1. The SMILES string of the molecule is CCOC(=O)COc1ccc2c(c1)OCC2. The lowest BCUT2D eigenvalue weighted by Crippen LogP contribution is -2.14. The third-order valence-corrected chi connectivity index (χ3v) is 2.33. The summed E-state index contributed by atoms with van der Waals surface area (Å²) in [5, 5.41) is 0. The van der Waals surface area contributed by atoms with E-state index in [4.69, 9.17) is 14.2 Å². The summed E-state index contributed by atoms with van der Waals surface area (Å²) in [5.74, 6) is 1.12. The summed E-state index contributed by atoms with van der Waals surface area (Å²) in [6.45, 7) is 2.79. The average Bonchev–Trinajstić information content (AvgIpc) is 2.74. The van der Waals surface area contributed by atoms with E-state index in [2.05, 4.69) is 0 Å². The normalized spacial score (nSPS) is 12.8. The summed E-state index contributed by atoms with van der Waals surface area (Å²) < 4.78 is 15.4. The van der Waals surface area contributed by atoms with Gasteiger partial charge in [0.15, 0.2) is 6.61 Å². The molecule has 0 amide bonds. The van der Waals surface area contributed by atoms with Crippen molar-refractivity contribution >= 4 is 5.97 Å². The molecule has 4 nitrogen and oxygen atoms in total. The van der Waals surface area contributed by atoms with Crippen LogP contribution >= 0.6 is 0 Å². The summed E-state index contributed by atoms with van der Waals surface area (Å²) in [5.41, 5.74) is 1.18. The van der Waals surface area contributed by atoms with Crippen molar-refractivity contribution in [2.75, 3.05) is 19.8 Å². The number of hydrogen-bond donors (Lipinski definition) is 0. The molecule has 0 saturated carbocycles. The molecule has 0 fully saturated rings. The Morgan fingerprint density at radius 1 is 1.50 bits per heavy atom. The summed E-state index contributed by atoms with van der Waals surface area (Å²) in [7, 11) is 0. The predicted octanol–water partition coefficient (Wildman–Crippen LogP) is 1.56. The van der Waals surface area contributed by atoms with E-state index in [9.17, 15) is 4.79 Å². The quantitative estimate of drug-likeness (QED) is 0.725. The number of carbonyl (C=O) groups excluding carboxylic acids is 1. The van der Waals surface area contributed by atoms with Gasteiger partial charge in [-0.25, -0.2) is 4.79 Å². The number of benzene rings is 1. The monoisotopic (exact) mass is 222 g/mol. The van der Waals surface area contributed by atoms with Gasteiger partial charge in [-0.05, 0) is 18.6 Å². The highest BCUT2D eigenvalue weighted by Crippen LogP contribution is 2.29. The van der Waals surface area contributed by atoms with Crippen molar-refractivity contribution in [3.63, 3.8) is 0 Å². The van der Waals surface area contributed by atoms with Gasteiger partial charge in [-0.3, -0.25) is 0 Å². The third kappa shape index (κ3) is 2.45. The van der Waals surface area contributed by atoms with Crippen molar-refractivity contribution < 1.29 is 19.0 Å². The van der Waals surface area contributed by atoms with Gasteiger partial charge in [0, 0.05) is 12.5 Å². The first kappa shape index (κ1) is 10.8. The second-order valence-corrected chi connectivity index (χ2v) is 3.46. The average molecular weight is 222 g/mol. The molecule has 0 bridgehead atoms. The summed E-state index contributed by atoms with van der Waals surface area (Å²) in [6.07, 6.45) is 0.938. The molecule has 1 aromatic rings. The predicted molar refractivity (Wildman–Crippen MR) is 57.8 cm³/mol. The van der Waals surface area contributed by atoms with Crippen LogP contribution in [0.1, 0.15) is 12.5 Å². The molecular weight excluding hydrogens is 208 g/mol. The summed E-state index contributed by atoms with van der Waals surface area (Å²) >= 11 is 0. The minimum absolute atomic E-state index is 0.0629. The van der Waals surface area contributed by atoms with Gasteiger partial charge in [-0.2, -0.15) is 0 Å². The molecule has 4 heteroatoms. The van der Waals surface area contributed by atoms with E-state index < -0.39 is 0 Å². The van der Waals surface area contributed by atoms with Crippen molar-refractivity contribution in [1.29, 1.82) is 0 Å². The number of fused-ring (bicyclic) bond motifs is 1. The number of hydrogen-bond acceptors (Lipinski definition) is 4. The molecule has 16 heavy (non-hydrogen) atoms. The maximum atomic E-state index is 11.1. The largest absolute Gasteiger partial charge is 0.493 e. The third-order valence-electron chi connectivity index (χ3n) is 2.33. The van der Waals surface area contributed by atoms with E-state index in [1.54, 1.807) is 6.92 Å². The Kier molecular flexibility index (Phi) is 3.29. The van der Waals surface area contributed by atoms with Gasteiger partial charge >= 0.3 is 5.97 Å². The van der Waals surface area contributed by atoms with E-state index in [-0.39, 0.29) is 12.6 Å². The van der Waals surface area contributed by atoms with Crippen LogP contribution in [-0.2, 0) is 16.0 Å². The van der Waals surface area contributed by atoms with Gasteiger partial charge in [-0.15, -0.1) is 0 Å². The Hall–Kier alpha value is -1.71. The van der Waals surface area contributed by atoms with Crippen LogP contribution in [0, 0.1) is 0 Å². The molecule has 0 atom stereocenters. The highest BCUT2D eigenvalue weighted by molar-refractivity contribution is 5.71. The van der Waals surface area contributed by atoms with Crippen molar-refractivity contribution in [2.24, 2.45) is 0 Å². The van der Waals surface area contributed by atoms with Gasteiger partial charge in [0.05, 0.1) is 13.2 Å². The standard InChI is InChI=1S/C12H14O4/c1-2-14-12(13)8-16-10-4-3-9-5-6-15-11(9)7-10/h3-4,7H,2,5-6,8H2,1H3. The fraction of sp³-hybridized carbons (Fsp3) is 0.417. The molecule has 2 rings (SSSR count). The highest BCUT2D eigenvalue weighted by atomic mass is 16.6. The molecular formula is C12H14O4. The number of rotatable bonds is 4. The summed E-state index contributed by atoms with van der Waals surface area (Å²) in [6, 6.07) is 5.61. The first-order chi connectivity index (χ1) is 7.79. The van der Waals surface area contributed by atoms with Gasteiger partial charge in [0.1, 0.15) is 11.5 Å². The molecule has 0 radical (unpaired) electrons. The number of esters is 1. The van der Waals surface area contributed by atoms with E-state index >= 15 is 0 Å². The second kappa shape index (κ2) is 4.88. The first-order valence-corrected chi connectivity index (χ1v) is 5.33. The smallest absolute Gasteiger partial charge is 0.344 e. The Morgan fingerprint density at radius 3 is 3.19 bits per heavy atom. The number of ether oxygens (including phenoxy) is 3. The minimum atomic E-state index is -0.357. The zero-order chi connectivity index (χ0) is 11.4. The van der Waals surface area contributed by atoms with Crippen molar-refractivity contribution in [3.05, 3.63) is 23.8 Å². The van der Waals surface area contributed by atoms with Crippen LogP contribution in [0.25, 0.3) is 0 Å².